The number of alkyl carbamates (subject to hydrolysis) is 1. The Bertz CT molecular complexity index is 750. The lowest BCUT2D eigenvalue weighted by Crippen LogP contribution is -2.48. The van der Waals surface area contributed by atoms with E-state index in [2.05, 4.69) is 10.1 Å². The first-order valence-electron chi connectivity index (χ1n) is 7.11. The molecule has 2 amide bonds. The summed E-state index contributed by atoms with van der Waals surface area (Å²) in [6, 6.07) is 7.01. The molecule has 7 heteroatoms. The number of ether oxygens (including phenoxy) is 1. The number of fused-ring (bicyclic) bond motifs is 1. The van der Waals surface area contributed by atoms with E-state index >= 15 is 0 Å². The summed E-state index contributed by atoms with van der Waals surface area (Å²) in [5, 5.41) is 14.6. The third-order valence-electron chi connectivity index (χ3n) is 3.46. The van der Waals surface area contributed by atoms with E-state index in [1.165, 1.54) is 7.11 Å². The number of likely N-dealkylation sites (N-methyl/N-ethyl adjacent to an activating group) is 1. The smallest absolute Gasteiger partial charge is 0.407 e. The van der Waals surface area contributed by atoms with Crippen molar-refractivity contribution in [2.75, 3.05) is 13.7 Å². The van der Waals surface area contributed by atoms with E-state index in [0.717, 1.165) is 20.5 Å². The maximum absolute atomic E-state index is 12.5. The van der Waals surface area contributed by atoms with Crippen LogP contribution in [0.5, 0.6) is 0 Å². The van der Waals surface area contributed by atoms with Gasteiger partial charge in [0.2, 0.25) is 0 Å². The van der Waals surface area contributed by atoms with Crippen molar-refractivity contribution in [3.63, 3.8) is 0 Å². The molecule has 0 radical (unpaired) electrons. The highest BCUT2D eigenvalue weighted by Crippen LogP contribution is 2.26. The highest BCUT2D eigenvalue weighted by atomic mass is 32.1. The van der Waals surface area contributed by atoms with Gasteiger partial charge in [-0.05, 0) is 29.3 Å². The maximum Gasteiger partial charge on any atom is 0.407 e. The lowest BCUT2D eigenvalue weighted by molar-refractivity contribution is -0.130. The molecule has 2 aromatic rings. The molecule has 1 N–H and O–H groups in total. The van der Waals surface area contributed by atoms with Crippen LogP contribution in [0.1, 0.15) is 12.5 Å². The summed E-state index contributed by atoms with van der Waals surface area (Å²) in [5.41, 5.74) is 0.953. The van der Waals surface area contributed by atoms with E-state index in [4.69, 9.17) is 5.26 Å². The van der Waals surface area contributed by atoms with Gasteiger partial charge in [-0.2, -0.15) is 5.26 Å². The summed E-state index contributed by atoms with van der Waals surface area (Å²) in [6.45, 7) is 1.95. The van der Waals surface area contributed by atoms with Crippen LogP contribution < -0.4 is 5.32 Å². The topological polar surface area (TPSA) is 82.4 Å². The first kappa shape index (κ1) is 16.8. The third kappa shape index (κ3) is 3.79. The zero-order valence-corrected chi connectivity index (χ0v) is 13.7. The van der Waals surface area contributed by atoms with Gasteiger partial charge in [-0.1, -0.05) is 18.2 Å². The second-order valence-electron chi connectivity index (χ2n) is 4.83. The normalized spacial score (nSPS) is 11.5. The molecule has 0 spiro atoms. The number of rotatable bonds is 5. The molecule has 1 aromatic carbocycles. The lowest BCUT2D eigenvalue weighted by atomic mass is 10.0. The molecule has 2 rings (SSSR count). The van der Waals surface area contributed by atoms with E-state index < -0.39 is 18.0 Å². The second-order valence-corrected chi connectivity index (χ2v) is 5.74. The first-order chi connectivity index (χ1) is 11.1. The fraction of sp³-hybridized carbons (Fsp3) is 0.312. The number of hydrogen-bond donors (Lipinski definition) is 1. The third-order valence-corrected chi connectivity index (χ3v) is 4.48. The van der Waals surface area contributed by atoms with Crippen LogP contribution >= 0.6 is 11.3 Å². The van der Waals surface area contributed by atoms with Crippen LogP contribution in [-0.4, -0.2) is 36.6 Å². The summed E-state index contributed by atoms with van der Waals surface area (Å²) in [6.07, 6.45) is 1.44. The molecule has 0 fully saturated rings. The Morgan fingerprint density at radius 1 is 1.43 bits per heavy atom. The predicted octanol–water partition coefficient (Wildman–Crippen LogP) is 2.50. The zero-order chi connectivity index (χ0) is 16.8. The highest BCUT2D eigenvalue weighted by molar-refractivity contribution is 7.17. The van der Waals surface area contributed by atoms with Gasteiger partial charge in [-0.15, -0.1) is 11.3 Å². The minimum Gasteiger partial charge on any atom is -0.453 e. The predicted molar refractivity (Wildman–Crippen MR) is 87.9 cm³/mol. The number of nitriles is 1. The minimum absolute atomic E-state index is 0.249. The van der Waals surface area contributed by atoms with Gasteiger partial charge in [-0.25, -0.2) is 9.69 Å². The van der Waals surface area contributed by atoms with Crippen molar-refractivity contribution in [1.29, 1.82) is 5.26 Å². The molecule has 0 aliphatic carbocycles. The van der Waals surface area contributed by atoms with Crippen LogP contribution in [-0.2, 0) is 16.0 Å². The molecule has 0 saturated heterocycles. The second kappa shape index (κ2) is 7.61. The van der Waals surface area contributed by atoms with E-state index in [1.807, 2.05) is 35.8 Å². The Kier molecular flexibility index (Phi) is 5.55. The van der Waals surface area contributed by atoms with Gasteiger partial charge in [0.05, 0.1) is 7.11 Å². The molecule has 1 aromatic heterocycles. The lowest BCUT2D eigenvalue weighted by Gasteiger charge is -2.20. The van der Waals surface area contributed by atoms with Crippen molar-refractivity contribution in [2.45, 2.75) is 19.4 Å². The number of nitrogens with zero attached hydrogens (tertiary/aromatic N) is 2. The molecule has 0 saturated carbocycles. The molecule has 1 atom stereocenters. The summed E-state index contributed by atoms with van der Waals surface area (Å²) < 4.78 is 5.69. The van der Waals surface area contributed by atoms with Gasteiger partial charge in [0.25, 0.3) is 5.91 Å². The van der Waals surface area contributed by atoms with E-state index in [1.54, 1.807) is 18.3 Å². The summed E-state index contributed by atoms with van der Waals surface area (Å²) in [4.78, 5) is 25.0. The number of benzene rings is 1. The zero-order valence-electron chi connectivity index (χ0n) is 12.9. The summed E-state index contributed by atoms with van der Waals surface area (Å²) >= 11 is 1.58. The van der Waals surface area contributed by atoms with Crippen LogP contribution in [0.25, 0.3) is 10.1 Å². The first-order valence-corrected chi connectivity index (χ1v) is 7.99. The number of methoxy groups -OCH3 is 1. The monoisotopic (exact) mass is 331 g/mol. The molecule has 0 aliphatic rings. The van der Waals surface area contributed by atoms with E-state index in [0.29, 0.717) is 6.42 Å². The van der Waals surface area contributed by atoms with Crippen LogP contribution in [0.3, 0.4) is 0 Å². The van der Waals surface area contributed by atoms with E-state index in [9.17, 15) is 9.59 Å². The van der Waals surface area contributed by atoms with Crippen molar-refractivity contribution in [3.05, 3.63) is 35.2 Å². The van der Waals surface area contributed by atoms with E-state index in [-0.39, 0.29) is 6.54 Å². The number of thiophene rings is 1. The fourth-order valence-corrected chi connectivity index (χ4v) is 3.25. The number of hydrogen-bond acceptors (Lipinski definition) is 5. The number of carbonyl (C=O) groups excluding carboxylic acids is 2. The largest absolute Gasteiger partial charge is 0.453 e. The molecular formula is C16H17N3O3S. The van der Waals surface area contributed by atoms with Gasteiger partial charge in [0.15, 0.2) is 6.19 Å². The standard InChI is InChI=1S/C16H17N3O3S/c1-3-19(10-17)15(20)13(18-16(21)22-2)8-11-9-23-14-7-5-4-6-12(11)14/h4-7,9,13H,3,8H2,1-2H3,(H,18,21). The Morgan fingerprint density at radius 2 is 2.17 bits per heavy atom. The van der Waals surface area contributed by atoms with Gasteiger partial charge in [0, 0.05) is 17.7 Å². The molecule has 1 unspecified atom stereocenters. The van der Waals surface area contributed by atoms with Gasteiger partial charge in [0.1, 0.15) is 6.04 Å². The van der Waals surface area contributed by atoms with Crippen LogP contribution in [0.4, 0.5) is 4.79 Å². The van der Waals surface area contributed by atoms with Crippen LogP contribution in [0, 0.1) is 11.5 Å². The summed E-state index contributed by atoms with van der Waals surface area (Å²) in [5.74, 6) is -0.448. The van der Waals surface area contributed by atoms with Crippen molar-refractivity contribution in [1.82, 2.24) is 10.2 Å². The van der Waals surface area contributed by atoms with Crippen LogP contribution in [0.15, 0.2) is 29.6 Å². The molecule has 1 heterocycles. The van der Waals surface area contributed by atoms with Crippen molar-refractivity contribution in [3.8, 4) is 6.19 Å². The highest BCUT2D eigenvalue weighted by Gasteiger charge is 2.26. The molecular weight excluding hydrogens is 314 g/mol. The van der Waals surface area contributed by atoms with Crippen molar-refractivity contribution < 1.29 is 14.3 Å². The van der Waals surface area contributed by atoms with Crippen LogP contribution in [0.2, 0.25) is 0 Å². The number of carbonyl (C=O) groups is 2. The SMILES string of the molecule is CCN(C#N)C(=O)C(Cc1csc2ccccc12)NC(=O)OC. The van der Waals surface area contributed by atoms with Gasteiger partial charge >= 0.3 is 6.09 Å². The van der Waals surface area contributed by atoms with Gasteiger partial charge < -0.3 is 10.1 Å². The minimum atomic E-state index is -0.847. The molecule has 120 valence electrons. The average Bonchev–Trinajstić information content (AvgIpc) is 2.98. The maximum atomic E-state index is 12.5. The summed E-state index contributed by atoms with van der Waals surface area (Å²) in [7, 11) is 1.23. The van der Waals surface area contributed by atoms with Gasteiger partial charge in [-0.3, -0.25) is 4.79 Å². The Hall–Kier alpha value is -2.59. The van der Waals surface area contributed by atoms with Crippen molar-refractivity contribution in [2.24, 2.45) is 0 Å². The quantitative estimate of drug-likeness (QED) is 0.674. The molecule has 23 heavy (non-hydrogen) atoms. The Balaban J connectivity index is 2.28. The number of amides is 2. The molecule has 6 nitrogen and oxygen atoms in total. The Labute approximate surface area is 138 Å². The average molecular weight is 331 g/mol. The van der Waals surface area contributed by atoms with Crippen molar-refractivity contribution >= 4 is 33.4 Å². The fourth-order valence-electron chi connectivity index (χ4n) is 2.28. The molecule has 0 bridgehead atoms. The number of nitrogens with one attached hydrogen (secondary N) is 1. The molecule has 0 aliphatic heterocycles. The Morgan fingerprint density at radius 3 is 2.83 bits per heavy atom.